The lowest BCUT2D eigenvalue weighted by Crippen LogP contribution is -2.41. The van der Waals surface area contributed by atoms with Gasteiger partial charge in [0.2, 0.25) is 0 Å². The molecular weight excluding hydrogens is 222 g/mol. The number of hydrogen-bond acceptors (Lipinski definition) is 5. The molecule has 1 aliphatic heterocycles. The molecule has 92 valence electrons. The molecule has 0 aliphatic carbocycles. The monoisotopic (exact) mass is 237 g/mol. The summed E-state index contributed by atoms with van der Waals surface area (Å²) < 4.78 is 10.2. The van der Waals surface area contributed by atoms with E-state index >= 15 is 0 Å². The van der Waals surface area contributed by atoms with Gasteiger partial charge in [-0.05, 0) is 0 Å². The van der Waals surface area contributed by atoms with Crippen molar-refractivity contribution in [1.82, 2.24) is 14.9 Å². The average molecular weight is 237 g/mol. The lowest BCUT2D eigenvalue weighted by Gasteiger charge is -2.26. The number of nitrogens with zero attached hydrogens (tertiary/aromatic N) is 3. The van der Waals surface area contributed by atoms with Crippen LogP contribution in [0.1, 0.15) is 16.2 Å². The van der Waals surface area contributed by atoms with Crippen LogP contribution < -0.4 is 0 Å². The standard InChI is InChI=1S/C11H15N3O3/c1-16-8-9-6-12-7-10(13-9)11(15)14-2-4-17-5-3-14/h6-7H,2-5,8H2,1H3. The van der Waals surface area contributed by atoms with Gasteiger partial charge in [-0.15, -0.1) is 0 Å². The van der Waals surface area contributed by atoms with Crippen LogP contribution in [0.25, 0.3) is 0 Å². The first-order chi connectivity index (χ1) is 8.31. The van der Waals surface area contributed by atoms with Crippen LogP contribution in [0.4, 0.5) is 0 Å². The molecule has 1 fully saturated rings. The van der Waals surface area contributed by atoms with Crippen molar-refractivity contribution in [2.45, 2.75) is 6.61 Å². The predicted octanol–water partition coefficient (Wildman–Crippen LogP) is 0.0954. The van der Waals surface area contributed by atoms with Gasteiger partial charge in [-0.3, -0.25) is 9.78 Å². The molecular formula is C11H15N3O3. The van der Waals surface area contributed by atoms with Gasteiger partial charge in [0.05, 0.1) is 37.9 Å². The Labute approximate surface area is 99.6 Å². The van der Waals surface area contributed by atoms with E-state index in [0.717, 1.165) is 0 Å². The maximum atomic E-state index is 12.1. The molecule has 2 rings (SSSR count). The predicted molar refractivity (Wildman–Crippen MR) is 59.5 cm³/mol. The minimum atomic E-state index is -0.0984. The molecule has 0 aromatic carbocycles. The molecule has 0 saturated carbocycles. The van der Waals surface area contributed by atoms with Gasteiger partial charge in [0.1, 0.15) is 5.69 Å². The molecule has 0 radical (unpaired) electrons. The zero-order valence-corrected chi connectivity index (χ0v) is 9.76. The van der Waals surface area contributed by atoms with E-state index in [2.05, 4.69) is 9.97 Å². The molecule has 1 aliphatic rings. The van der Waals surface area contributed by atoms with Crippen LogP contribution in [0.5, 0.6) is 0 Å². The SMILES string of the molecule is COCc1cncc(C(=O)N2CCOCC2)n1. The number of morpholine rings is 1. The second-order valence-electron chi connectivity index (χ2n) is 3.73. The maximum absolute atomic E-state index is 12.1. The molecule has 0 N–H and O–H groups in total. The van der Waals surface area contributed by atoms with E-state index in [-0.39, 0.29) is 5.91 Å². The Hall–Kier alpha value is -1.53. The van der Waals surface area contributed by atoms with Gasteiger partial charge in [-0.25, -0.2) is 4.98 Å². The summed E-state index contributed by atoms with van der Waals surface area (Å²) in [5.41, 5.74) is 1.02. The Bertz CT molecular complexity index is 391. The Morgan fingerprint density at radius 1 is 1.47 bits per heavy atom. The summed E-state index contributed by atoms with van der Waals surface area (Å²) in [7, 11) is 1.58. The molecule has 1 amide bonds. The molecule has 17 heavy (non-hydrogen) atoms. The third kappa shape index (κ3) is 2.98. The second kappa shape index (κ2) is 5.70. The Morgan fingerprint density at radius 3 is 2.94 bits per heavy atom. The van der Waals surface area contributed by atoms with Crippen LogP contribution in [0, 0.1) is 0 Å². The van der Waals surface area contributed by atoms with E-state index in [1.165, 1.54) is 6.20 Å². The molecule has 0 atom stereocenters. The minimum absolute atomic E-state index is 0.0984. The van der Waals surface area contributed by atoms with Crippen LogP contribution in [0.2, 0.25) is 0 Å². The van der Waals surface area contributed by atoms with Crippen molar-refractivity contribution in [2.24, 2.45) is 0 Å². The topological polar surface area (TPSA) is 64.5 Å². The normalized spacial score (nSPS) is 15.9. The van der Waals surface area contributed by atoms with E-state index < -0.39 is 0 Å². The molecule has 0 spiro atoms. The molecule has 6 heteroatoms. The van der Waals surface area contributed by atoms with E-state index in [4.69, 9.17) is 9.47 Å². The minimum Gasteiger partial charge on any atom is -0.378 e. The van der Waals surface area contributed by atoms with Gasteiger partial charge in [-0.1, -0.05) is 0 Å². The fourth-order valence-electron chi connectivity index (χ4n) is 1.66. The van der Waals surface area contributed by atoms with Crippen molar-refractivity contribution in [3.05, 3.63) is 23.8 Å². The number of rotatable bonds is 3. The summed E-state index contributed by atoms with van der Waals surface area (Å²) in [5, 5.41) is 0. The van der Waals surface area contributed by atoms with Crippen molar-refractivity contribution in [2.75, 3.05) is 33.4 Å². The summed E-state index contributed by atoms with van der Waals surface area (Å²) >= 11 is 0. The third-order valence-electron chi connectivity index (χ3n) is 2.49. The van der Waals surface area contributed by atoms with E-state index in [9.17, 15) is 4.79 Å². The van der Waals surface area contributed by atoms with E-state index in [1.807, 2.05) is 0 Å². The molecule has 6 nitrogen and oxygen atoms in total. The summed E-state index contributed by atoms with van der Waals surface area (Å²) in [6.45, 7) is 2.73. The molecule has 0 unspecified atom stereocenters. The van der Waals surface area contributed by atoms with Gasteiger partial charge in [0, 0.05) is 20.2 Å². The quantitative estimate of drug-likeness (QED) is 0.745. The van der Waals surface area contributed by atoms with Gasteiger partial charge in [0.15, 0.2) is 0 Å². The first-order valence-electron chi connectivity index (χ1n) is 5.48. The van der Waals surface area contributed by atoms with Crippen LogP contribution in [-0.2, 0) is 16.1 Å². The number of methoxy groups -OCH3 is 1. The highest BCUT2D eigenvalue weighted by atomic mass is 16.5. The molecule has 1 aromatic rings. The van der Waals surface area contributed by atoms with Crippen molar-refractivity contribution in [1.29, 1.82) is 0 Å². The summed E-state index contributed by atoms with van der Waals surface area (Å²) in [4.78, 5) is 22.0. The first-order valence-corrected chi connectivity index (χ1v) is 5.48. The van der Waals surface area contributed by atoms with Gasteiger partial charge >= 0.3 is 0 Å². The van der Waals surface area contributed by atoms with Crippen LogP contribution >= 0.6 is 0 Å². The van der Waals surface area contributed by atoms with E-state index in [1.54, 1.807) is 18.2 Å². The second-order valence-corrected chi connectivity index (χ2v) is 3.73. The lowest BCUT2D eigenvalue weighted by molar-refractivity contribution is 0.0298. The zero-order chi connectivity index (χ0) is 12.1. The average Bonchev–Trinajstić information content (AvgIpc) is 2.40. The number of aromatic nitrogens is 2. The maximum Gasteiger partial charge on any atom is 0.274 e. The fraction of sp³-hybridized carbons (Fsp3) is 0.545. The summed E-state index contributed by atoms with van der Waals surface area (Å²) in [5.74, 6) is -0.0984. The van der Waals surface area contributed by atoms with Crippen molar-refractivity contribution in [3.8, 4) is 0 Å². The van der Waals surface area contributed by atoms with Crippen molar-refractivity contribution < 1.29 is 14.3 Å². The number of amides is 1. The van der Waals surface area contributed by atoms with Gasteiger partial charge < -0.3 is 14.4 Å². The van der Waals surface area contributed by atoms with Crippen molar-refractivity contribution in [3.63, 3.8) is 0 Å². The number of ether oxygens (including phenoxy) is 2. The Morgan fingerprint density at radius 2 is 2.24 bits per heavy atom. The molecule has 2 heterocycles. The number of hydrogen-bond donors (Lipinski definition) is 0. The number of carbonyl (C=O) groups excluding carboxylic acids is 1. The van der Waals surface area contributed by atoms with Crippen molar-refractivity contribution >= 4 is 5.91 Å². The largest absolute Gasteiger partial charge is 0.378 e. The van der Waals surface area contributed by atoms with Gasteiger partial charge in [0.25, 0.3) is 5.91 Å². The smallest absolute Gasteiger partial charge is 0.274 e. The first kappa shape index (κ1) is 11.9. The summed E-state index contributed by atoms with van der Waals surface area (Å²) in [6, 6.07) is 0. The zero-order valence-electron chi connectivity index (χ0n) is 9.76. The third-order valence-corrected chi connectivity index (χ3v) is 2.49. The van der Waals surface area contributed by atoms with E-state index in [0.29, 0.717) is 44.3 Å². The fourth-order valence-corrected chi connectivity index (χ4v) is 1.66. The Kier molecular flexibility index (Phi) is 4.00. The van der Waals surface area contributed by atoms with Crippen LogP contribution in [0.15, 0.2) is 12.4 Å². The number of carbonyl (C=O) groups is 1. The highest BCUT2D eigenvalue weighted by Crippen LogP contribution is 2.05. The lowest BCUT2D eigenvalue weighted by atomic mass is 10.3. The Balaban J connectivity index is 2.09. The van der Waals surface area contributed by atoms with Crippen LogP contribution in [-0.4, -0.2) is 54.2 Å². The van der Waals surface area contributed by atoms with Crippen LogP contribution in [0.3, 0.4) is 0 Å². The highest BCUT2D eigenvalue weighted by molar-refractivity contribution is 5.92. The molecule has 0 bridgehead atoms. The summed E-state index contributed by atoms with van der Waals surface area (Å²) in [6.07, 6.45) is 3.08. The molecule has 1 saturated heterocycles. The molecule has 1 aromatic heterocycles. The highest BCUT2D eigenvalue weighted by Gasteiger charge is 2.19. The van der Waals surface area contributed by atoms with Gasteiger partial charge in [-0.2, -0.15) is 0 Å².